The maximum atomic E-state index is 12.8. The van der Waals surface area contributed by atoms with Gasteiger partial charge in [-0.15, -0.1) is 0 Å². The molecule has 0 radical (unpaired) electrons. The molecule has 2 aromatic rings. The van der Waals surface area contributed by atoms with Crippen molar-refractivity contribution in [3.63, 3.8) is 0 Å². The Morgan fingerprint density at radius 3 is 2.03 bits per heavy atom. The number of ether oxygens (including phenoxy) is 4. The Morgan fingerprint density at radius 2 is 1.47 bits per heavy atom. The summed E-state index contributed by atoms with van der Waals surface area (Å²) in [6.45, 7) is 1.50. The van der Waals surface area contributed by atoms with Gasteiger partial charge in [-0.3, -0.25) is 0 Å². The maximum absolute atomic E-state index is 12.8. The summed E-state index contributed by atoms with van der Waals surface area (Å²) >= 11 is 0. The summed E-state index contributed by atoms with van der Waals surface area (Å²) in [6, 6.07) is 12.0. The third-order valence-corrected chi connectivity index (χ3v) is 4.77. The third kappa shape index (κ3) is 5.18. The van der Waals surface area contributed by atoms with E-state index in [1.807, 2.05) is 0 Å². The summed E-state index contributed by atoms with van der Waals surface area (Å²) in [6.07, 6.45) is 0. The number of carbonyl (C=O) groups excluding carboxylic acids is 3. The van der Waals surface area contributed by atoms with Gasteiger partial charge in [-0.05, 0) is 48.9 Å². The first-order valence-corrected chi connectivity index (χ1v) is 9.89. The lowest BCUT2D eigenvalue weighted by Gasteiger charge is -2.29. The minimum atomic E-state index is -0.789. The Labute approximate surface area is 185 Å². The Hall–Kier alpha value is -4.01. The molecule has 2 amide bonds. The Balaban J connectivity index is 1.89. The number of nitrogens with one attached hydrogen (secondary N) is 2. The quantitative estimate of drug-likeness (QED) is 0.607. The molecule has 0 fully saturated rings. The number of urea groups is 1. The van der Waals surface area contributed by atoms with Gasteiger partial charge in [0.2, 0.25) is 0 Å². The van der Waals surface area contributed by atoms with Gasteiger partial charge in [0, 0.05) is 0 Å². The second-order valence-electron chi connectivity index (χ2n) is 6.72. The zero-order valence-electron chi connectivity index (χ0n) is 18.0. The summed E-state index contributed by atoms with van der Waals surface area (Å²) in [5.41, 5.74) is 1.24. The summed E-state index contributed by atoms with van der Waals surface area (Å²) < 4.78 is 20.8. The average Bonchev–Trinajstić information content (AvgIpc) is 2.82. The number of hydrogen-bond donors (Lipinski definition) is 2. The lowest BCUT2D eigenvalue weighted by atomic mass is 9.95. The van der Waals surface area contributed by atoms with Gasteiger partial charge in [0.1, 0.15) is 18.1 Å². The first kappa shape index (κ1) is 22.7. The van der Waals surface area contributed by atoms with E-state index in [-0.39, 0.29) is 24.5 Å². The monoisotopic (exact) mass is 440 g/mol. The van der Waals surface area contributed by atoms with Gasteiger partial charge in [-0.2, -0.15) is 0 Å². The van der Waals surface area contributed by atoms with Crippen LogP contribution < -0.4 is 20.1 Å². The van der Waals surface area contributed by atoms with Gasteiger partial charge in [0.05, 0.1) is 43.7 Å². The van der Waals surface area contributed by atoms with Gasteiger partial charge >= 0.3 is 18.0 Å². The van der Waals surface area contributed by atoms with Crippen LogP contribution in [0.2, 0.25) is 0 Å². The average molecular weight is 440 g/mol. The molecule has 1 unspecified atom stereocenters. The molecule has 0 aliphatic carbocycles. The summed E-state index contributed by atoms with van der Waals surface area (Å²) in [4.78, 5) is 37.5. The van der Waals surface area contributed by atoms with E-state index in [1.165, 1.54) is 7.11 Å². The molecule has 0 bridgehead atoms. The molecule has 32 heavy (non-hydrogen) atoms. The molecule has 3 rings (SSSR count). The van der Waals surface area contributed by atoms with Crippen molar-refractivity contribution in [3.8, 4) is 11.5 Å². The molecule has 0 spiro atoms. The topological polar surface area (TPSA) is 112 Å². The molecule has 2 N–H and O–H groups in total. The van der Waals surface area contributed by atoms with Crippen molar-refractivity contribution < 1.29 is 33.3 Å². The number of carbonyl (C=O) groups is 3. The van der Waals surface area contributed by atoms with Crippen molar-refractivity contribution in [1.29, 1.82) is 0 Å². The fourth-order valence-corrected chi connectivity index (χ4v) is 3.18. The van der Waals surface area contributed by atoms with E-state index in [9.17, 15) is 14.4 Å². The first-order valence-electron chi connectivity index (χ1n) is 9.89. The van der Waals surface area contributed by atoms with Gasteiger partial charge in [0.25, 0.3) is 0 Å². The molecule has 0 saturated carbocycles. The molecule has 1 aliphatic heterocycles. The summed E-state index contributed by atoms with van der Waals surface area (Å²) in [7, 11) is 3.07. The first-order chi connectivity index (χ1) is 15.5. The number of benzene rings is 2. The Morgan fingerprint density at radius 1 is 0.875 bits per heavy atom. The number of amides is 2. The molecule has 1 aliphatic rings. The predicted octanol–water partition coefficient (Wildman–Crippen LogP) is 2.73. The van der Waals surface area contributed by atoms with Crippen molar-refractivity contribution >= 4 is 18.0 Å². The highest BCUT2D eigenvalue weighted by Gasteiger charge is 2.34. The number of hydrogen-bond acceptors (Lipinski definition) is 7. The molecule has 168 valence electrons. The van der Waals surface area contributed by atoms with Crippen molar-refractivity contribution in [2.75, 3.05) is 27.4 Å². The van der Waals surface area contributed by atoms with Crippen LogP contribution >= 0.6 is 0 Å². The smallest absolute Gasteiger partial charge is 0.338 e. The number of esters is 2. The van der Waals surface area contributed by atoms with Gasteiger partial charge < -0.3 is 29.6 Å². The predicted molar refractivity (Wildman–Crippen MR) is 114 cm³/mol. The van der Waals surface area contributed by atoms with E-state index in [2.05, 4.69) is 10.6 Å². The standard InChI is InChI=1S/C23H24N2O7/c1-4-31-22(27)19-18(13-32-21(26)15-7-11-17(30-3)12-8-15)24-23(28)25-20(19)14-5-9-16(29-2)10-6-14/h5-12,20H,4,13H2,1-3H3,(H2,24,25,28). The summed E-state index contributed by atoms with van der Waals surface area (Å²) in [5.74, 6) is -0.0143. The maximum Gasteiger partial charge on any atom is 0.338 e. The molecule has 9 heteroatoms. The largest absolute Gasteiger partial charge is 0.497 e. The molecule has 0 aromatic heterocycles. The highest BCUT2D eigenvalue weighted by molar-refractivity contribution is 5.95. The highest BCUT2D eigenvalue weighted by atomic mass is 16.5. The van der Waals surface area contributed by atoms with Crippen LogP contribution in [0.3, 0.4) is 0 Å². The van der Waals surface area contributed by atoms with E-state index < -0.39 is 24.0 Å². The number of rotatable bonds is 8. The lowest BCUT2D eigenvalue weighted by molar-refractivity contribution is -0.139. The van der Waals surface area contributed by atoms with E-state index in [0.717, 1.165) is 0 Å². The number of methoxy groups -OCH3 is 2. The van der Waals surface area contributed by atoms with Crippen LogP contribution in [0.1, 0.15) is 28.9 Å². The van der Waals surface area contributed by atoms with E-state index in [1.54, 1.807) is 62.6 Å². The molecule has 1 atom stereocenters. The van der Waals surface area contributed by atoms with Crippen LogP contribution in [0, 0.1) is 0 Å². The second-order valence-corrected chi connectivity index (χ2v) is 6.72. The van der Waals surface area contributed by atoms with Crippen molar-refractivity contribution in [2.24, 2.45) is 0 Å². The van der Waals surface area contributed by atoms with Gasteiger partial charge in [-0.1, -0.05) is 12.1 Å². The van der Waals surface area contributed by atoms with Gasteiger partial charge in [-0.25, -0.2) is 14.4 Å². The highest BCUT2D eigenvalue weighted by Crippen LogP contribution is 2.29. The van der Waals surface area contributed by atoms with E-state index in [0.29, 0.717) is 22.6 Å². The van der Waals surface area contributed by atoms with Gasteiger partial charge in [0.15, 0.2) is 0 Å². The fraction of sp³-hybridized carbons (Fsp3) is 0.261. The van der Waals surface area contributed by atoms with Crippen LogP contribution in [0.15, 0.2) is 59.8 Å². The molecular formula is C23H24N2O7. The minimum Gasteiger partial charge on any atom is -0.497 e. The van der Waals surface area contributed by atoms with Crippen LogP contribution in [0.25, 0.3) is 0 Å². The van der Waals surface area contributed by atoms with Crippen molar-refractivity contribution in [3.05, 3.63) is 70.9 Å². The molecule has 1 heterocycles. The zero-order chi connectivity index (χ0) is 23.1. The second kappa shape index (κ2) is 10.3. The van der Waals surface area contributed by atoms with Crippen molar-refractivity contribution in [1.82, 2.24) is 10.6 Å². The van der Waals surface area contributed by atoms with Crippen molar-refractivity contribution in [2.45, 2.75) is 13.0 Å². The minimum absolute atomic E-state index is 0.143. The van der Waals surface area contributed by atoms with Crippen LogP contribution in [-0.2, 0) is 14.3 Å². The molecular weight excluding hydrogens is 416 g/mol. The van der Waals surface area contributed by atoms with Crippen LogP contribution in [0.4, 0.5) is 4.79 Å². The van der Waals surface area contributed by atoms with Crippen LogP contribution in [-0.4, -0.2) is 45.4 Å². The van der Waals surface area contributed by atoms with E-state index in [4.69, 9.17) is 18.9 Å². The van der Waals surface area contributed by atoms with Crippen LogP contribution in [0.5, 0.6) is 11.5 Å². The SMILES string of the molecule is CCOC(=O)C1=C(COC(=O)c2ccc(OC)cc2)NC(=O)NC1c1ccc(OC)cc1. The Bertz CT molecular complexity index is 1010. The molecule has 2 aromatic carbocycles. The summed E-state index contributed by atoms with van der Waals surface area (Å²) in [5, 5.41) is 5.28. The van der Waals surface area contributed by atoms with E-state index >= 15 is 0 Å². The normalized spacial score (nSPS) is 15.3. The Kier molecular flexibility index (Phi) is 7.33. The molecule has 0 saturated heterocycles. The molecule has 9 nitrogen and oxygen atoms in total. The zero-order valence-corrected chi connectivity index (χ0v) is 18.0. The third-order valence-electron chi connectivity index (χ3n) is 4.77. The fourth-order valence-electron chi connectivity index (χ4n) is 3.18. The lowest BCUT2D eigenvalue weighted by Crippen LogP contribution is -2.47.